The zero-order valence-corrected chi connectivity index (χ0v) is 12.7. The number of nitro benzene ring substituents is 1. The van der Waals surface area contributed by atoms with Gasteiger partial charge in [0.05, 0.1) is 10.8 Å². The number of nitro groups is 1. The Morgan fingerprint density at radius 2 is 2.13 bits per heavy atom. The van der Waals surface area contributed by atoms with E-state index in [1.54, 1.807) is 24.3 Å². The molecule has 2 aromatic carbocycles. The maximum Gasteiger partial charge on any atom is 0.271 e. The minimum atomic E-state index is -0.502. The summed E-state index contributed by atoms with van der Waals surface area (Å²) in [5.74, 6) is 0.116. The molecule has 1 amide bonds. The molecule has 0 spiro atoms. The Morgan fingerprint density at radius 1 is 1.30 bits per heavy atom. The molecule has 0 bridgehead atoms. The van der Waals surface area contributed by atoms with Gasteiger partial charge in [0, 0.05) is 22.8 Å². The molecule has 1 atom stereocenters. The highest BCUT2D eigenvalue weighted by Gasteiger charge is 2.26. The first-order valence-corrected chi connectivity index (χ1v) is 7.37. The molecule has 118 valence electrons. The quantitative estimate of drug-likeness (QED) is 0.689. The average Bonchev–Trinajstić information content (AvgIpc) is 2.54. The van der Waals surface area contributed by atoms with E-state index in [-0.39, 0.29) is 24.1 Å². The van der Waals surface area contributed by atoms with Crippen LogP contribution in [0.15, 0.2) is 42.5 Å². The number of halogens is 1. The van der Waals surface area contributed by atoms with E-state index in [0.717, 1.165) is 11.3 Å². The maximum absolute atomic E-state index is 12.3. The summed E-state index contributed by atoms with van der Waals surface area (Å²) in [4.78, 5) is 22.6. The van der Waals surface area contributed by atoms with Crippen molar-refractivity contribution in [3.8, 4) is 5.75 Å². The number of hydrogen-bond acceptors (Lipinski definition) is 4. The number of benzene rings is 2. The van der Waals surface area contributed by atoms with E-state index >= 15 is 0 Å². The van der Waals surface area contributed by atoms with E-state index in [1.165, 1.54) is 18.2 Å². The lowest BCUT2D eigenvalue weighted by Gasteiger charge is -2.24. The van der Waals surface area contributed by atoms with Crippen LogP contribution in [0.4, 0.5) is 11.4 Å². The first-order valence-electron chi connectivity index (χ1n) is 6.99. The molecule has 0 radical (unpaired) electrons. The maximum atomic E-state index is 12.3. The van der Waals surface area contributed by atoms with Gasteiger partial charge in [-0.25, -0.2) is 0 Å². The highest BCUT2D eigenvalue weighted by Crippen LogP contribution is 2.30. The number of ether oxygens (including phenoxy) is 1. The molecular weight excluding hydrogens is 320 g/mol. The third-order valence-corrected chi connectivity index (χ3v) is 3.86. The lowest BCUT2D eigenvalue weighted by atomic mass is 9.96. The molecule has 6 nitrogen and oxygen atoms in total. The van der Waals surface area contributed by atoms with Crippen molar-refractivity contribution in [2.45, 2.75) is 6.42 Å². The van der Waals surface area contributed by atoms with Gasteiger partial charge in [-0.1, -0.05) is 17.7 Å². The topological polar surface area (TPSA) is 81.5 Å². The molecule has 0 saturated heterocycles. The van der Waals surface area contributed by atoms with Crippen LogP contribution in [-0.4, -0.2) is 17.4 Å². The van der Waals surface area contributed by atoms with Crippen LogP contribution in [-0.2, 0) is 11.2 Å². The fourth-order valence-electron chi connectivity index (χ4n) is 2.47. The van der Waals surface area contributed by atoms with E-state index in [4.69, 9.17) is 16.3 Å². The first-order chi connectivity index (χ1) is 11.0. The normalized spacial score (nSPS) is 16.1. The summed E-state index contributed by atoms with van der Waals surface area (Å²) >= 11 is 5.96. The van der Waals surface area contributed by atoms with Crippen molar-refractivity contribution in [2.24, 2.45) is 5.92 Å². The predicted molar refractivity (Wildman–Crippen MR) is 85.9 cm³/mol. The summed E-state index contributed by atoms with van der Waals surface area (Å²) in [5, 5.41) is 14.1. The Morgan fingerprint density at radius 3 is 2.91 bits per heavy atom. The van der Waals surface area contributed by atoms with E-state index < -0.39 is 4.92 Å². The van der Waals surface area contributed by atoms with E-state index in [1.807, 2.05) is 0 Å². The Bertz CT molecular complexity index is 778. The number of non-ortho nitro benzene ring substituents is 1. The van der Waals surface area contributed by atoms with Crippen molar-refractivity contribution in [1.82, 2.24) is 0 Å². The fraction of sp³-hybridized carbons (Fsp3) is 0.188. The van der Waals surface area contributed by atoms with Crippen molar-refractivity contribution < 1.29 is 14.5 Å². The molecular formula is C16H13ClN2O4. The summed E-state index contributed by atoms with van der Waals surface area (Å²) < 4.78 is 5.58. The molecule has 0 fully saturated rings. The van der Waals surface area contributed by atoms with Gasteiger partial charge in [-0.05, 0) is 36.2 Å². The number of rotatable bonds is 3. The molecule has 2 aromatic rings. The van der Waals surface area contributed by atoms with Gasteiger partial charge in [-0.3, -0.25) is 14.9 Å². The van der Waals surface area contributed by atoms with Gasteiger partial charge < -0.3 is 10.1 Å². The van der Waals surface area contributed by atoms with Crippen LogP contribution in [0, 0.1) is 16.0 Å². The molecule has 3 rings (SSSR count). The second-order valence-corrected chi connectivity index (χ2v) is 5.70. The minimum absolute atomic E-state index is 0.0696. The van der Waals surface area contributed by atoms with Gasteiger partial charge in [0.2, 0.25) is 5.91 Å². The molecule has 0 aliphatic carbocycles. The minimum Gasteiger partial charge on any atom is -0.492 e. The number of nitrogens with zero attached hydrogens (tertiary/aromatic N) is 1. The standard InChI is InChI=1S/C16H13ClN2O4/c17-12-4-5-15-10(7-12)6-11(9-23-15)16(20)18-13-2-1-3-14(8-13)19(21)22/h1-5,7-8,11H,6,9H2,(H,18,20)/t11-/m1/s1. The number of carbonyl (C=O) groups excluding carboxylic acids is 1. The van der Waals surface area contributed by atoms with Gasteiger partial charge in [0.25, 0.3) is 5.69 Å². The SMILES string of the molecule is O=C(Nc1cccc([N+](=O)[O-])c1)[C@H]1COc2ccc(Cl)cc2C1. The number of amides is 1. The summed E-state index contributed by atoms with van der Waals surface area (Å²) in [6.45, 7) is 0.259. The average molecular weight is 333 g/mol. The lowest BCUT2D eigenvalue weighted by molar-refractivity contribution is -0.384. The second kappa shape index (κ2) is 6.26. The van der Waals surface area contributed by atoms with Crippen LogP contribution < -0.4 is 10.1 Å². The van der Waals surface area contributed by atoms with Crippen molar-refractivity contribution in [3.05, 3.63) is 63.2 Å². The third-order valence-electron chi connectivity index (χ3n) is 3.62. The smallest absolute Gasteiger partial charge is 0.271 e. The van der Waals surface area contributed by atoms with Crippen LogP contribution in [0.3, 0.4) is 0 Å². The van der Waals surface area contributed by atoms with E-state index in [9.17, 15) is 14.9 Å². The van der Waals surface area contributed by atoms with Gasteiger partial charge in [0.15, 0.2) is 0 Å². The van der Waals surface area contributed by atoms with Crippen molar-refractivity contribution in [3.63, 3.8) is 0 Å². The largest absolute Gasteiger partial charge is 0.492 e. The zero-order chi connectivity index (χ0) is 16.4. The monoisotopic (exact) mass is 332 g/mol. The van der Waals surface area contributed by atoms with Crippen LogP contribution >= 0.6 is 11.6 Å². The highest BCUT2D eigenvalue weighted by atomic mass is 35.5. The predicted octanol–water partition coefficient (Wildman–Crippen LogP) is 3.44. The van der Waals surface area contributed by atoms with Crippen LogP contribution in [0.5, 0.6) is 5.75 Å². The number of fused-ring (bicyclic) bond motifs is 1. The van der Waals surface area contributed by atoms with E-state index in [2.05, 4.69) is 5.32 Å². The summed E-state index contributed by atoms with van der Waals surface area (Å²) in [7, 11) is 0. The molecule has 23 heavy (non-hydrogen) atoms. The molecule has 0 aromatic heterocycles. The number of carbonyl (C=O) groups is 1. The fourth-order valence-corrected chi connectivity index (χ4v) is 2.67. The second-order valence-electron chi connectivity index (χ2n) is 5.26. The molecule has 1 N–H and O–H groups in total. The van der Waals surface area contributed by atoms with Gasteiger partial charge >= 0.3 is 0 Å². The number of hydrogen-bond donors (Lipinski definition) is 1. The Labute approximate surface area is 137 Å². The van der Waals surface area contributed by atoms with Crippen LogP contribution in [0.1, 0.15) is 5.56 Å². The highest BCUT2D eigenvalue weighted by molar-refractivity contribution is 6.30. The van der Waals surface area contributed by atoms with Crippen LogP contribution in [0.2, 0.25) is 5.02 Å². The Balaban J connectivity index is 1.72. The van der Waals surface area contributed by atoms with Gasteiger partial charge in [-0.15, -0.1) is 0 Å². The Hall–Kier alpha value is -2.60. The molecule has 0 saturated carbocycles. The first kappa shape index (κ1) is 15.3. The van der Waals surface area contributed by atoms with Crippen molar-refractivity contribution in [1.29, 1.82) is 0 Å². The van der Waals surface area contributed by atoms with Crippen molar-refractivity contribution in [2.75, 3.05) is 11.9 Å². The van der Waals surface area contributed by atoms with Crippen LogP contribution in [0.25, 0.3) is 0 Å². The molecule has 1 heterocycles. The number of anilines is 1. The van der Waals surface area contributed by atoms with Gasteiger partial charge in [0.1, 0.15) is 12.4 Å². The number of nitrogens with one attached hydrogen (secondary N) is 1. The molecule has 1 aliphatic heterocycles. The summed E-state index contributed by atoms with van der Waals surface area (Å²) in [6, 6.07) is 11.1. The molecule has 7 heteroatoms. The lowest BCUT2D eigenvalue weighted by Crippen LogP contribution is -2.32. The molecule has 1 aliphatic rings. The Kier molecular flexibility index (Phi) is 4.16. The third kappa shape index (κ3) is 3.43. The van der Waals surface area contributed by atoms with Gasteiger partial charge in [-0.2, -0.15) is 0 Å². The molecule has 0 unspecified atom stereocenters. The summed E-state index contributed by atoms with van der Waals surface area (Å²) in [5.41, 5.74) is 1.20. The van der Waals surface area contributed by atoms with E-state index in [0.29, 0.717) is 17.1 Å². The van der Waals surface area contributed by atoms with Crippen molar-refractivity contribution >= 4 is 28.9 Å². The summed E-state index contributed by atoms with van der Waals surface area (Å²) in [6.07, 6.45) is 0.511. The zero-order valence-electron chi connectivity index (χ0n) is 12.0.